The van der Waals surface area contributed by atoms with E-state index in [0.717, 1.165) is 32.5 Å². The Labute approximate surface area is 130 Å². The van der Waals surface area contributed by atoms with Gasteiger partial charge in [0.05, 0.1) is 0 Å². The third kappa shape index (κ3) is 2.59. The molecular weight excluding hydrogens is 280 g/mol. The van der Waals surface area contributed by atoms with Gasteiger partial charge in [-0.25, -0.2) is 4.79 Å². The van der Waals surface area contributed by atoms with Crippen molar-refractivity contribution >= 4 is 11.9 Å². The summed E-state index contributed by atoms with van der Waals surface area (Å²) in [5.74, 6) is 0.0186. The Hall–Kier alpha value is -1.95. The first-order valence-corrected chi connectivity index (χ1v) is 7.72. The van der Waals surface area contributed by atoms with E-state index in [-0.39, 0.29) is 17.9 Å². The zero-order valence-corrected chi connectivity index (χ0v) is 13.1. The van der Waals surface area contributed by atoms with Gasteiger partial charge in [-0.1, -0.05) is 6.07 Å². The Kier molecular flexibility index (Phi) is 3.87. The lowest BCUT2D eigenvalue weighted by molar-refractivity contribution is -0.132. The number of aromatic nitrogens is 1. The molecule has 0 radical (unpaired) electrons. The summed E-state index contributed by atoms with van der Waals surface area (Å²) in [6.07, 6.45) is 5.64. The molecule has 2 aliphatic heterocycles. The zero-order valence-electron chi connectivity index (χ0n) is 13.1. The van der Waals surface area contributed by atoms with Crippen LogP contribution in [0.5, 0.6) is 0 Å². The Balaban J connectivity index is 1.71. The maximum absolute atomic E-state index is 12.4. The van der Waals surface area contributed by atoms with Gasteiger partial charge in [0.2, 0.25) is 0 Å². The van der Waals surface area contributed by atoms with Gasteiger partial charge in [-0.2, -0.15) is 0 Å². The first-order valence-electron chi connectivity index (χ1n) is 7.72. The van der Waals surface area contributed by atoms with Crippen molar-refractivity contribution in [1.29, 1.82) is 0 Å². The molecule has 0 aliphatic carbocycles. The smallest absolute Gasteiger partial charge is 0.323 e. The molecule has 1 N–H and O–H groups in total. The number of amides is 3. The van der Waals surface area contributed by atoms with Gasteiger partial charge in [-0.3, -0.25) is 19.6 Å². The van der Waals surface area contributed by atoms with Crippen LogP contribution in [0.15, 0.2) is 24.5 Å². The van der Waals surface area contributed by atoms with Crippen LogP contribution in [0.4, 0.5) is 4.79 Å². The van der Waals surface area contributed by atoms with Crippen LogP contribution in [0.2, 0.25) is 0 Å². The van der Waals surface area contributed by atoms with Gasteiger partial charge in [-0.05, 0) is 37.9 Å². The van der Waals surface area contributed by atoms with Crippen LogP contribution < -0.4 is 5.32 Å². The highest BCUT2D eigenvalue weighted by molar-refractivity contribution is 6.06. The van der Waals surface area contributed by atoms with E-state index >= 15 is 0 Å². The van der Waals surface area contributed by atoms with Gasteiger partial charge < -0.3 is 5.32 Å². The molecule has 2 atom stereocenters. The van der Waals surface area contributed by atoms with E-state index in [0.29, 0.717) is 0 Å². The van der Waals surface area contributed by atoms with E-state index in [1.807, 2.05) is 19.2 Å². The normalized spacial score (nSPS) is 29.7. The molecule has 0 unspecified atom stereocenters. The van der Waals surface area contributed by atoms with Gasteiger partial charge in [0.15, 0.2) is 0 Å². The highest BCUT2D eigenvalue weighted by Gasteiger charge is 2.51. The second kappa shape index (κ2) is 5.68. The molecule has 3 amide bonds. The fourth-order valence-corrected chi connectivity index (χ4v) is 3.50. The van der Waals surface area contributed by atoms with Crippen molar-refractivity contribution < 1.29 is 9.59 Å². The number of carbonyl (C=O) groups excluding carboxylic acids is 2. The van der Waals surface area contributed by atoms with Crippen LogP contribution in [0, 0.1) is 5.92 Å². The summed E-state index contributed by atoms with van der Waals surface area (Å²) in [4.78, 5) is 31.9. The van der Waals surface area contributed by atoms with Crippen molar-refractivity contribution in [3.63, 3.8) is 0 Å². The average Bonchev–Trinajstić information content (AvgIpc) is 2.73. The minimum Gasteiger partial charge on any atom is -0.323 e. The monoisotopic (exact) mass is 302 g/mol. The number of likely N-dealkylation sites (N-methyl/N-ethyl adjacent to an activating group) is 1. The number of piperidine rings is 1. The molecule has 6 nitrogen and oxygen atoms in total. The van der Waals surface area contributed by atoms with Crippen LogP contribution in [-0.2, 0) is 11.3 Å². The SMILES string of the molecule is CN1C(=O)N[C@@](C)([C@@H]2CCCN(Cc3cccnc3)C2)C1=O. The number of likely N-dealkylation sites (tertiary alicyclic amines) is 1. The molecule has 1 aromatic rings. The summed E-state index contributed by atoms with van der Waals surface area (Å²) in [6, 6.07) is 3.71. The minimum atomic E-state index is -0.778. The fourth-order valence-electron chi connectivity index (χ4n) is 3.50. The number of nitrogens with zero attached hydrogens (tertiary/aromatic N) is 3. The van der Waals surface area contributed by atoms with Crippen LogP contribution in [-0.4, -0.2) is 52.4 Å². The summed E-state index contributed by atoms with van der Waals surface area (Å²) < 4.78 is 0. The minimum absolute atomic E-state index is 0.120. The number of rotatable bonds is 3. The number of pyridine rings is 1. The quantitative estimate of drug-likeness (QED) is 0.853. The fraction of sp³-hybridized carbons (Fsp3) is 0.562. The number of carbonyl (C=O) groups is 2. The van der Waals surface area contributed by atoms with Crippen molar-refractivity contribution in [2.75, 3.05) is 20.1 Å². The van der Waals surface area contributed by atoms with Crippen LogP contribution in [0.1, 0.15) is 25.3 Å². The van der Waals surface area contributed by atoms with E-state index in [9.17, 15) is 9.59 Å². The summed E-state index contributed by atoms with van der Waals surface area (Å²) in [7, 11) is 1.54. The Morgan fingerprint density at radius 1 is 1.45 bits per heavy atom. The Morgan fingerprint density at radius 2 is 2.27 bits per heavy atom. The topological polar surface area (TPSA) is 65.5 Å². The highest BCUT2D eigenvalue weighted by Crippen LogP contribution is 2.32. The van der Waals surface area contributed by atoms with Gasteiger partial charge in [0.1, 0.15) is 5.54 Å². The lowest BCUT2D eigenvalue weighted by atomic mass is 9.80. The lowest BCUT2D eigenvalue weighted by Gasteiger charge is -2.39. The first-order chi connectivity index (χ1) is 10.5. The number of urea groups is 1. The van der Waals surface area contributed by atoms with Crippen LogP contribution >= 0.6 is 0 Å². The molecule has 0 bridgehead atoms. The molecule has 6 heteroatoms. The largest absolute Gasteiger partial charge is 0.324 e. The average molecular weight is 302 g/mol. The van der Waals surface area contributed by atoms with Crippen molar-refractivity contribution in [2.45, 2.75) is 31.8 Å². The zero-order chi connectivity index (χ0) is 15.7. The van der Waals surface area contributed by atoms with E-state index in [4.69, 9.17) is 0 Å². The maximum Gasteiger partial charge on any atom is 0.324 e. The third-order valence-electron chi connectivity index (χ3n) is 4.87. The van der Waals surface area contributed by atoms with Gasteiger partial charge in [-0.15, -0.1) is 0 Å². The maximum atomic E-state index is 12.4. The predicted octanol–water partition coefficient (Wildman–Crippen LogP) is 1.23. The summed E-state index contributed by atoms with van der Waals surface area (Å²) in [5, 5.41) is 2.88. The summed E-state index contributed by atoms with van der Waals surface area (Å²) >= 11 is 0. The second-order valence-electron chi connectivity index (χ2n) is 6.43. The van der Waals surface area contributed by atoms with Crippen molar-refractivity contribution in [3.05, 3.63) is 30.1 Å². The molecule has 2 fully saturated rings. The molecule has 3 heterocycles. The number of nitrogens with one attached hydrogen (secondary N) is 1. The van der Waals surface area contributed by atoms with Gasteiger partial charge in [0.25, 0.3) is 5.91 Å². The van der Waals surface area contributed by atoms with Crippen molar-refractivity contribution in [3.8, 4) is 0 Å². The highest BCUT2D eigenvalue weighted by atomic mass is 16.2. The van der Waals surface area contributed by atoms with Crippen LogP contribution in [0.25, 0.3) is 0 Å². The predicted molar refractivity (Wildman–Crippen MR) is 81.9 cm³/mol. The standard InChI is InChI=1S/C16H22N4O2/c1-16(14(21)19(2)15(22)18-16)13-6-4-8-20(11-13)10-12-5-3-7-17-9-12/h3,5,7,9,13H,4,6,8,10-11H2,1-2H3,(H,18,22)/t13-,16+/m1/s1. The van der Waals surface area contributed by atoms with Gasteiger partial charge in [0, 0.05) is 38.4 Å². The molecule has 0 spiro atoms. The molecule has 0 saturated carbocycles. The van der Waals surface area contributed by atoms with Crippen LogP contribution in [0.3, 0.4) is 0 Å². The first kappa shape index (κ1) is 15.0. The van der Waals surface area contributed by atoms with E-state index in [1.165, 1.54) is 10.5 Å². The Bertz CT molecular complexity index is 577. The molecule has 2 aliphatic rings. The van der Waals surface area contributed by atoms with E-state index in [2.05, 4.69) is 21.3 Å². The van der Waals surface area contributed by atoms with Crippen molar-refractivity contribution in [1.82, 2.24) is 20.1 Å². The third-order valence-corrected chi connectivity index (χ3v) is 4.87. The molecule has 2 saturated heterocycles. The van der Waals surface area contributed by atoms with Crippen molar-refractivity contribution in [2.24, 2.45) is 5.92 Å². The van der Waals surface area contributed by atoms with E-state index < -0.39 is 5.54 Å². The molecule has 1 aromatic heterocycles. The molecule has 0 aromatic carbocycles. The second-order valence-corrected chi connectivity index (χ2v) is 6.43. The molecule has 3 rings (SSSR count). The lowest BCUT2D eigenvalue weighted by Crippen LogP contribution is -2.55. The molecular formula is C16H22N4O2. The number of hydrogen-bond donors (Lipinski definition) is 1. The summed E-state index contributed by atoms with van der Waals surface area (Å²) in [6.45, 7) is 4.51. The molecule has 22 heavy (non-hydrogen) atoms. The van der Waals surface area contributed by atoms with E-state index in [1.54, 1.807) is 13.2 Å². The Morgan fingerprint density at radius 3 is 2.91 bits per heavy atom. The van der Waals surface area contributed by atoms with Gasteiger partial charge >= 0.3 is 6.03 Å². The number of imide groups is 1. The summed E-state index contributed by atoms with van der Waals surface area (Å²) in [5.41, 5.74) is 0.395. The molecule has 118 valence electrons. The number of hydrogen-bond acceptors (Lipinski definition) is 4.